The number of carbonyl (C=O) groups is 1. The summed E-state index contributed by atoms with van der Waals surface area (Å²) in [6.45, 7) is 8.47. The van der Waals surface area contributed by atoms with Gasteiger partial charge in [0.1, 0.15) is 0 Å². The molecule has 0 bridgehead atoms. The lowest BCUT2D eigenvalue weighted by Gasteiger charge is -2.44. The molecule has 0 aliphatic carbocycles. The van der Waals surface area contributed by atoms with Crippen LogP contribution in [0.1, 0.15) is 66.2 Å². The van der Waals surface area contributed by atoms with E-state index in [9.17, 15) is 4.79 Å². The average Bonchev–Trinajstić information content (AvgIpc) is 2.95. The first-order chi connectivity index (χ1) is 13.3. The first-order valence-corrected chi connectivity index (χ1v) is 10.5. The summed E-state index contributed by atoms with van der Waals surface area (Å²) in [4.78, 5) is 15.8. The third-order valence-electron chi connectivity index (χ3n) is 6.67. The number of amides is 1. The Morgan fingerprint density at radius 2 is 1.89 bits per heavy atom. The highest BCUT2D eigenvalue weighted by Gasteiger charge is 2.48. The second kappa shape index (κ2) is 8.26. The van der Waals surface area contributed by atoms with Crippen molar-refractivity contribution in [3.05, 3.63) is 69.7 Å². The first kappa shape index (κ1) is 20.9. The molecular formula is C24H31ClN2O. The van der Waals surface area contributed by atoms with Gasteiger partial charge in [-0.25, -0.2) is 0 Å². The molecule has 0 radical (unpaired) electrons. The molecule has 1 saturated heterocycles. The molecule has 1 amide bonds. The number of carbonyl (C=O) groups excluding carboxylic acids is 1. The summed E-state index contributed by atoms with van der Waals surface area (Å²) in [6.07, 6.45) is 3.13. The number of halogens is 1. The summed E-state index contributed by atoms with van der Waals surface area (Å²) in [5.41, 5.74) is 3.71. The molecule has 28 heavy (non-hydrogen) atoms. The molecule has 3 unspecified atom stereocenters. The van der Waals surface area contributed by atoms with E-state index < -0.39 is 0 Å². The number of likely N-dealkylation sites (N-methyl/N-ethyl adjacent to an activating group) is 1. The van der Waals surface area contributed by atoms with Gasteiger partial charge in [0.2, 0.25) is 0 Å². The highest BCUT2D eigenvalue weighted by molar-refractivity contribution is 6.30. The maximum Gasteiger partial charge on any atom is 0.252 e. The summed E-state index contributed by atoms with van der Waals surface area (Å²) in [5.74, 6) is -0.0126. The van der Waals surface area contributed by atoms with Crippen molar-refractivity contribution in [3.63, 3.8) is 0 Å². The summed E-state index contributed by atoms with van der Waals surface area (Å²) in [6, 6.07) is 14.3. The van der Waals surface area contributed by atoms with Crippen molar-refractivity contribution >= 4 is 17.5 Å². The smallest absolute Gasteiger partial charge is 0.252 e. The largest absolute Gasteiger partial charge is 0.343 e. The van der Waals surface area contributed by atoms with Gasteiger partial charge in [0.05, 0.1) is 6.04 Å². The van der Waals surface area contributed by atoms with Crippen LogP contribution < -0.4 is 5.32 Å². The molecule has 0 aromatic heterocycles. The lowest BCUT2D eigenvalue weighted by atomic mass is 9.80. The molecular weight excluding hydrogens is 368 g/mol. The summed E-state index contributed by atoms with van der Waals surface area (Å²) in [5, 5.41) is 4.10. The normalized spacial score (nSPS) is 23.6. The average molecular weight is 399 g/mol. The van der Waals surface area contributed by atoms with Crippen LogP contribution in [0.25, 0.3) is 0 Å². The van der Waals surface area contributed by atoms with E-state index in [1.165, 1.54) is 0 Å². The number of rotatable bonds is 5. The SMILES string of the molecule is CCC1(C(NC(=O)c2c(C)cccc2C)c2cccc(Cl)c2)CCC(C)N1C. The van der Waals surface area contributed by atoms with E-state index in [0.717, 1.165) is 41.5 Å². The minimum atomic E-state index is -0.129. The molecule has 3 atom stereocenters. The summed E-state index contributed by atoms with van der Waals surface area (Å²) < 4.78 is 0. The number of likely N-dealkylation sites (tertiary alicyclic amines) is 1. The molecule has 1 fully saturated rings. The number of nitrogens with one attached hydrogen (secondary N) is 1. The molecule has 0 spiro atoms. The minimum Gasteiger partial charge on any atom is -0.343 e. The van der Waals surface area contributed by atoms with Gasteiger partial charge >= 0.3 is 0 Å². The zero-order valence-electron chi connectivity index (χ0n) is 17.6. The van der Waals surface area contributed by atoms with E-state index in [4.69, 9.17) is 11.6 Å². The zero-order chi connectivity index (χ0) is 20.5. The molecule has 0 saturated carbocycles. The van der Waals surface area contributed by atoms with Crippen LogP contribution in [0.15, 0.2) is 42.5 Å². The van der Waals surface area contributed by atoms with E-state index in [2.05, 4.69) is 37.2 Å². The fourth-order valence-corrected chi connectivity index (χ4v) is 5.03. The predicted octanol–water partition coefficient (Wildman–Crippen LogP) is 5.69. The molecule has 3 nitrogen and oxygen atoms in total. The van der Waals surface area contributed by atoms with E-state index >= 15 is 0 Å². The van der Waals surface area contributed by atoms with Gasteiger partial charge in [-0.3, -0.25) is 9.69 Å². The van der Waals surface area contributed by atoms with Crippen LogP contribution in [0, 0.1) is 13.8 Å². The standard InChI is InChI=1S/C24H31ClN2O/c1-6-24(14-13-18(4)27(24)5)22(19-11-8-12-20(25)15-19)26-23(28)21-16(2)9-7-10-17(21)3/h7-12,15,18,22H,6,13-14H2,1-5H3,(H,26,28). The van der Waals surface area contributed by atoms with Gasteiger partial charge in [-0.1, -0.05) is 48.9 Å². The van der Waals surface area contributed by atoms with Crippen molar-refractivity contribution in [1.82, 2.24) is 10.2 Å². The number of benzene rings is 2. The molecule has 150 valence electrons. The summed E-state index contributed by atoms with van der Waals surface area (Å²) in [7, 11) is 2.18. The van der Waals surface area contributed by atoms with Crippen molar-refractivity contribution in [1.29, 1.82) is 0 Å². The molecule has 3 rings (SSSR count). The lowest BCUT2D eigenvalue weighted by molar-refractivity contribution is 0.0710. The Morgan fingerprint density at radius 1 is 1.25 bits per heavy atom. The third-order valence-corrected chi connectivity index (χ3v) is 6.91. The molecule has 1 aliphatic heterocycles. The van der Waals surface area contributed by atoms with Crippen molar-refractivity contribution in [2.24, 2.45) is 0 Å². The van der Waals surface area contributed by atoms with Crippen LogP contribution in [0.5, 0.6) is 0 Å². The van der Waals surface area contributed by atoms with Gasteiger partial charge in [0, 0.05) is 22.2 Å². The number of aryl methyl sites for hydroxylation is 2. The third kappa shape index (κ3) is 3.70. The van der Waals surface area contributed by atoms with Crippen LogP contribution in [0.2, 0.25) is 5.02 Å². The molecule has 2 aromatic rings. The second-order valence-electron chi connectivity index (χ2n) is 8.18. The van der Waals surface area contributed by atoms with Crippen LogP contribution in [0.4, 0.5) is 0 Å². The van der Waals surface area contributed by atoms with Crippen molar-refractivity contribution in [3.8, 4) is 0 Å². The Morgan fingerprint density at radius 3 is 2.43 bits per heavy atom. The van der Waals surface area contributed by atoms with Gasteiger partial charge < -0.3 is 5.32 Å². The Kier molecular flexibility index (Phi) is 6.16. The second-order valence-corrected chi connectivity index (χ2v) is 8.62. The highest BCUT2D eigenvalue weighted by atomic mass is 35.5. The van der Waals surface area contributed by atoms with Crippen LogP contribution >= 0.6 is 11.6 Å². The van der Waals surface area contributed by atoms with Gasteiger partial charge in [-0.15, -0.1) is 0 Å². The lowest BCUT2D eigenvalue weighted by Crippen LogP contribution is -2.54. The Balaban J connectivity index is 2.06. The molecule has 1 heterocycles. The number of hydrogen-bond donors (Lipinski definition) is 1. The molecule has 1 N–H and O–H groups in total. The van der Waals surface area contributed by atoms with Gasteiger partial charge in [-0.2, -0.15) is 0 Å². The van der Waals surface area contributed by atoms with Gasteiger partial charge in [0.25, 0.3) is 5.91 Å². The van der Waals surface area contributed by atoms with E-state index in [1.807, 2.05) is 50.2 Å². The van der Waals surface area contributed by atoms with Gasteiger partial charge in [-0.05, 0) is 75.9 Å². The molecule has 1 aliphatic rings. The van der Waals surface area contributed by atoms with Crippen LogP contribution in [-0.2, 0) is 0 Å². The van der Waals surface area contributed by atoms with E-state index in [0.29, 0.717) is 11.1 Å². The summed E-state index contributed by atoms with van der Waals surface area (Å²) >= 11 is 6.33. The fourth-order valence-electron chi connectivity index (χ4n) is 4.84. The quantitative estimate of drug-likeness (QED) is 0.701. The molecule has 4 heteroatoms. The maximum atomic E-state index is 13.4. The predicted molar refractivity (Wildman–Crippen MR) is 117 cm³/mol. The van der Waals surface area contributed by atoms with Crippen molar-refractivity contribution < 1.29 is 4.79 Å². The monoisotopic (exact) mass is 398 g/mol. The zero-order valence-corrected chi connectivity index (χ0v) is 18.3. The van der Waals surface area contributed by atoms with Crippen molar-refractivity contribution in [2.75, 3.05) is 7.05 Å². The minimum absolute atomic E-state index is 0.0126. The van der Waals surface area contributed by atoms with E-state index in [1.54, 1.807) is 0 Å². The van der Waals surface area contributed by atoms with E-state index in [-0.39, 0.29) is 17.5 Å². The van der Waals surface area contributed by atoms with Gasteiger partial charge in [0.15, 0.2) is 0 Å². The Hall–Kier alpha value is -1.84. The van der Waals surface area contributed by atoms with Crippen LogP contribution in [0.3, 0.4) is 0 Å². The number of nitrogens with zero attached hydrogens (tertiary/aromatic N) is 1. The fraction of sp³-hybridized carbons (Fsp3) is 0.458. The van der Waals surface area contributed by atoms with Crippen LogP contribution in [-0.4, -0.2) is 29.4 Å². The highest BCUT2D eigenvalue weighted by Crippen LogP contribution is 2.44. The maximum absolute atomic E-state index is 13.4. The number of hydrogen-bond acceptors (Lipinski definition) is 2. The van der Waals surface area contributed by atoms with Crippen molar-refractivity contribution in [2.45, 2.75) is 64.6 Å². The first-order valence-electron chi connectivity index (χ1n) is 10.2. The Bertz CT molecular complexity index is 845. The molecule has 2 aromatic carbocycles. The Labute approximate surface area is 174 Å². The topological polar surface area (TPSA) is 32.3 Å².